The van der Waals surface area contributed by atoms with Gasteiger partial charge in [0.2, 0.25) is 6.29 Å². The zero-order chi connectivity index (χ0) is 8.69. The lowest BCUT2D eigenvalue weighted by Crippen LogP contribution is -2.13. The number of hydrogen-bond acceptors (Lipinski definition) is 2. The fourth-order valence-electron chi connectivity index (χ4n) is 0.805. The van der Waals surface area contributed by atoms with E-state index in [1.54, 1.807) is 0 Å². The number of hydrogen-bond donors (Lipinski definition) is 0. The Bertz CT molecular complexity index is 112. The number of carbonyl (C=O) groups is 1. The van der Waals surface area contributed by atoms with Crippen LogP contribution in [-0.4, -0.2) is 12.3 Å². The van der Waals surface area contributed by atoms with Gasteiger partial charge in [-0.05, 0) is 6.42 Å². The van der Waals surface area contributed by atoms with Crippen molar-refractivity contribution in [2.45, 2.75) is 45.8 Å². The van der Waals surface area contributed by atoms with E-state index in [1.165, 1.54) is 6.92 Å². The molecule has 0 aliphatic heterocycles. The Kier molecular flexibility index (Phi) is 5.84. The number of unbranched alkanes of at least 4 members (excludes halogenated alkanes) is 2. The molecule has 0 N–H and O–H groups in total. The molecule has 0 amide bonds. The molecule has 0 heterocycles. The van der Waals surface area contributed by atoms with Crippen LogP contribution in [0.5, 0.6) is 0 Å². The Labute approximate surface area is 67.4 Å². The highest BCUT2D eigenvalue weighted by atomic mass is 16.6. The van der Waals surface area contributed by atoms with Crippen molar-refractivity contribution in [3.63, 3.8) is 0 Å². The largest absolute Gasteiger partial charge is 0.433 e. The molecular weight excluding hydrogens is 144 g/mol. The van der Waals surface area contributed by atoms with E-state index in [2.05, 4.69) is 11.7 Å². The van der Waals surface area contributed by atoms with Crippen LogP contribution < -0.4 is 0 Å². The monoisotopic (exact) mass is 159 g/mol. The Hall–Kier alpha value is -0.570. The second-order valence-corrected chi connectivity index (χ2v) is 2.53. The van der Waals surface area contributed by atoms with Crippen molar-refractivity contribution in [1.82, 2.24) is 0 Å². The van der Waals surface area contributed by atoms with Crippen molar-refractivity contribution in [2.75, 3.05) is 0 Å². The first-order chi connectivity index (χ1) is 5.16. The van der Waals surface area contributed by atoms with Gasteiger partial charge in [0.25, 0.3) is 0 Å². The van der Waals surface area contributed by atoms with Crippen LogP contribution in [0.1, 0.15) is 39.5 Å². The van der Waals surface area contributed by atoms with Gasteiger partial charge in [0.15, 0.2) is 0 Å². The third kappa shape index (κ3) is 7.33. The summed E-state index contributed by atoms with van der Waals surface area (Å²) < 4.78 is 4.40. The molecule has 3 nitrogen and oxygen atoms in total. The molecule has 11 heavy (non-hydrogen) atoms. The molecule has 0 saturated carbocycles. The molecule has 0 rings (SSSR count). The fraction of sp³-hybridized carbons (Fsp3) is 0.875. The van der Waals surface area contributed by atoms with Gasteiger partial charge in [-0.15, -0.1) is 0 Å². The van der Waals surface area contributed by atoms with Gasteiger partial charge in [-0.2, -0.15) is 5.11 Å². The lowest BCUT2D eigenvalue weighted by atomic mass is 10.2. The molecule has 0 fully saturated rings. The van der Waals surface area contributed by atoms with Crippen molar-refractivity contribution in [3.05, 3.63) is 0 Å². The second-order valence-electron chi connectivity index (χ2n) is 2.53. The highest BCUT2D eigenvalue weighted by Gasteiger charge is 2.07. The van der Waals surface area contributed by atoms with E-state index in [0.29, 0.717) is 6.42 Å². The molecule has 0 aromatic carbocycles. The van der Waals surface area contributed by atoms with Crippen molar-refractivity contribution < 1.29 is 14.6 Å². The Morgan fingerprint density at radius 1 is 1.45 bits per heavy atom. The molecule has 1 atom stereocenters. The van der Waals surface area contributed by atoms with Crippen LogP contribution in [0.15, 0.2) is 0 Å². The van der Waals surface area contributed by atoms with Gasteiger partial charge in [0.05, 0.1) is 0 Å². The van der Waals surface area contributed by atoms with Crippen LogP contribution >= 0.6 is 0 Å². The summed E-state index contributed by atoms with van der Waals surface area (Å²) in [5.41, 5.74) is 0. The van der Waals surface area contributed by atoms with Crippen LogP contribution in [0, 0.1) is 0 Å². The number of ether oxygens (including phenoxy) is 1. The minimum absolute atomic E-state index is 0.438. The van der Waals surface area contributed by atoms with Gasteiger partial charge in [0, 0.05) is 13.3 Å². The minimum Gasteiger partial charge on any atom is -0.433 e. The maximum atomic E-state index is 10.8. The van der Waals surface area contributed by atoms with E-state index in [-0.39, 0.29) is 0 Å². The minimum atomic E-state index is -1.15. The van der Waals surface area contributed by atoms with E-state index in [4.69, 9.17) is 0 Å². The van der Waals surface area contributed by atoms with Gasteiger partial charge in [-0.1, -0.05) is 19.8 Å². The van der Waals surface area contributed by atoms with Gasteiger partial charge >= 0.3 is 5.97 Å². The highest BCUT2D eigenvalue weighted by Crippen LogP contribution is 2.04. The van der Waals surface area contributed by atoms with Crippen molar-refractivity contribution in [1.29, 1.82) is 0 Å². The van der Waals surface area contributed by atoms with Crippen LogP contribution in [-0.2, 0) is 14.6 Å². The first-order valence-electron chi connectivity index (χ1n) is 4.00. The summed E-state index contributed by atoms with van der Waals surface area (Å²) in [6.45, 7) is 3.32. The molecule has 3 heteroatoms. The standard InChI is InChI=1S/C8H15O3/c1-3-4-5-6-8(10)11-7(2)9/h8H,3-6H2,1-2H3. The summed E-state index contributed by atoms with van der Waals surface area (Å²) in [5, 5.41) is 10.8. The molecule has 0 spiro atoms. The van der Waals surface area contributed by atoms with E-state index >= 15 is 0 Å². The molecule has 1 unspecified atom stereocenters. The number of carbonyl (C=O) groups excluding carboxylic acids is 1. The summed E-state index contributed by atoms with van der Waals surface area (Å²) >= 11 is 0. The molecule has 0 aliphatic carbocycles. The average molecular weight is 159 g/mol. The zero-order valence-electron chi connectivity index (χ0n) is 7.13. The predicted molar refractivity (Wildman–Crippen MR) is 40.4 cm³/mol. The van der Waals surface area contributed by atoms with E-state index in [9.17, 15) is 9.90 Å². The van der Waals surface area contributed by atoms with E-state index < -0.39 is 12.3 Å². The number of esters is 1. The van der Waals surface area contributed by atoms with E-state index in [1.807, 2.05) is 0 Å². The van der Waals surface area contributed by atoms with Crippen LogP contribution in [0.25, 0.3) is 0 Å². The number of rotatable bonds is 5. The lowest BCUT2D eigenvalue weighted by Gasteiger charge is -2.06. The Morgan fingerprint density at radius 2 is 2.09 bits per heavy atom. The molecule has 0 saturated heterocycles. The fourth-order valence-corrected chi connectivity index (χ4v) is 0.805. The van der Waals surface area contributed by atoms with Crippen molar-refractivity contribution in [2.24, 2.45) is 0 Å². The highest BCUT2D eigenvalue weighted by molar-refractivity contribution is 5.65. The van der Waals surface area contributed by atoms with Crippen molar-refractivity contribution >= 4 is 5.97 Å². The molecule has 0 aliphatic rings. The summed E-state index contributed by atoms with van der Waals surface area (Å²) in [7, 11) is 0. The van der Waals surface area contributed by atoms with Crippen molar-refractivity contribution in [3.8, 4) is 0 Å². The molecule has 65 valence electrons. The SMILES string of the molecule is CCCCCC([O])OC(C)=O. The first kappa shape index (κ1) is 10.4. The van der Waals surface area contributed by atoms with Crippen LogP contribution in [0.4, 0.5) is 0 Å². The quantitative estimate of drug-likeness (QED) is 0.349. The topological polar surface area (TPSA) is 46.2 Å². The smallest absolute Gasteiger partial charge is 0.305 e. The molecule has 1 radical (unpaired) electrons. The van der Waals surface area contributed by atoms with Gasteiger partial charge < -0.3 is 4.74 Å². The third-order valence-electron chi connectivity index (χ3n) is 1.34. The molecule has 0 bridgehead atoms. The lowest BCUT2D eigenvalue weighted by molar-refractivity contribution is -0.177. The third-order valence-corrected chi connectivity index (χ3v) is 1.34. The van der Waals surface area contributed by atoms with Gasteiger partial charge in [0.1, 0.15) is 0 Å². The molecule has 0 aromatic heterocycles. The normalized spacial score (nSPS) is 12.6. The Balaban J connectivity index is 3.22. The van der Waals surface area contributed by atoms with Gasteiger partial charge in [-0.25, -0.2) is 0 Å². The first-order valence-corrected chi connectivity index (χ1v) is 4.00. The van der Waals surface area contributed by atoms with Crippen LogP contribution in [0.2, 0.25) is 0 Å². The molecule has 0 aromatic rings. The van der Waals surface area contributed by atoms with E-state index in [0.717, 1.165) is 19.3 Å². The molecular formula is C8H15O3. The summed E-state index contributed by atoms with van der Waals surface area (Å²) in [6.07, 6.45) is 2.23. The Morgan fingerprint density at radius 3 is 2.55 bits per heavy atom. The van der Waals surface area contributed by atoms with Crippen LogP contribution in [0.3, 0.4) is 0 Å². The zero-order valence-corrected chi connectivity index (χ0v) is 7.13. The van der Waals surface area contributed by atoms with Gasteiger partial charge in [-0.3, -0.25) is 4.79 Å². The summed E-state index contributed by atoms with van der Waals surface area (Å²) in [4.78, 5) is 10.3. The second kappa shape index (κ2) is 6.16. The summed E-state index contributed by atoms with van der Waals surface area (Å²) in [6, 6.07) is 0. The maximum Gasteiger partial charge on any atom is 0.305 e. The predicted octanol–water partition coefficient (Wildman–Crippen LogP) is 1.89. The summed E-state index contributed by atoms with van der Waals surface area (Å²) in [5.74, 6) is -0.485. The average Bonchev–Trinajstić information content (AvgIpc) is 1.86. The maximum absolute atomic E-state index is 10.8.